The molecule has 3 rings (SSSR count). The molecule has 2 aromatic carbocycles. The molecule has 0 aromatic heterocycles. The van der Waals surface area contributed by atoms with E-state index >= 15 is 0 Å². The highest BCUT2D eigenvalue weighted by molar-refractivity contribution is 6.04. The van der Waals surface area contributed by atoms with Gasteiger partial charge in [-0.25, -0.2) is 4.79 Å². The van der Waals surface area contributed by atoms with Crippen molar-refractivity contribution in [2.45, 2.75) is 25.8 Å². The third kappa shape index (κ3) is 4.39. The fourth-order valence-corrected chi connectivity index (χ4v) is 3.16. The minimum atomic E-state index is -0.505. The van der Waals surface area contributed by atoms with E-state index in [1.54, 1.807) is 7.11 Å². The highest BCUT2D eigenvalue weighted by Crippen LogP contribution is 2.28. The minimum Gasteiger partial charge on any atom is -0.493 e. The minimum absolute atomic E-state index is 0.178. The van der Waals surface area contributed by atoms with Gasteiger partial charge in [0.2, 0.25) is 0 Å². The lowest BCUT2D eigenvalue weighted by Gasteiger charge is -2.15. The lowest BCUT2D eigenvalue weighted by molar-refractivity contribution is -0.127. The summed E-state index contributed by atoms with van der Waals surface area (Å²) in [5.41, 5.74) is 2.00. The number of benzene rings is 2. The number of carbonyl (C=O) groups excluding carboxylic acids is 2. The number of methoxy groups -OCH3 is 1. The summed E-state index contributed by atoms with van der Waals surface area (Å²) in [5.74, 6) is 1.15. The van der Waals surface area contributed by atoms with Crippen molar-refractivity contribution in [3.63, 3.8) is 0 Å². The third-order valence-corrected chi connectivity index (χ3v) is 4.54. The highest BCUT2D eigenvalue weighted by Gasteiger charge is 2.37. The second-order valence-corrected chi connectivity index (χ2v) is 6.35. The second kappa shape index (κ2) is 8.58. The zero-order valence-electron chi connectivity index (χ0n) is 15.6. The molecule has 1 aliphatic heterocycles. The van der Waals surface area contributed by atoms with Gasteiger partial charge in [-0.3, -0.25) is 9.69 Å². The Morgan fingerprint density at radius 1 is 1.04 bits per heavy atom. The number of nitrogens with one attached hydrogen (secondary N) is 1. The summed E-state index contributed by atoms with van der Waals surface area (Å²) in [5, 5.41) is 2.78. The number of urea groups is 1. The van der Waals surface area contributed by atoms with Crippen molar-refractivity contribution < 1.29 is 19.1 Å². The summed E-state index contributed by atoms with van der Waals surface area (Å²) in [6.07, 6.45) is 1.06. The van der Waals surface area contributed by atoms with E-state index < -0.39 is 6.04 Å². The van der Waals surface area contributed by atoms with Crippen molar-refractivity contribution in [3.05, 3.63) is 59.7 Å². The first-order valence-corrected chi connectivity index (χ1v) is 9.08. The van der Waals surface area contributed by atoms with Crippen molar-refractivity contribution >= 4 is 11.9 Å². The fraction of sp³-hybridized carbons (Fsp3) is 0.333. The molecule has 6 nitrogen and oxygen atoms in total. The summed E-state index contributed by atoms with van der Waals surface area (Å²) in [7, 11) is 1.59. The molecule has 0 saturated carbocycles. The van der Waals surface area contributed by atoms with E-state index in [-0.39, 0.29) is 11.9 Å². The molecule has 1 aliphatic rings. The summed E-state index contributed by atoms with van der Waals surface area (Å²) in [6.45, 7) is 2.77. The van der Waals surface area contributed by atoms with Crippen LogP contribution < -0.4 is 14.8 Å². The highest BCUT2D eigenvalue weighted by atomic mass is 16.5. The van der Waals surface area contributed by atoms with Gasteiger partial charge in [0.15, 0.2) is 11.5 Å². The van der Waals surface area contributed by atoms with Crippen LogP contribution in [-0.2, 0) is 17.6 Å². The number of amides is 3. The molecule has 1 fully saturated rings. The maximum atomic E-state index is 12.6. The molecule has 3 amide bonds. The number of rotatable bonds is 8. The molecular weight excluding hydrogens is 344 g/mol. The van der Waals surface area contributed by atoms with Gasteiger partial charge in [0.25, 0.3) is 5.91 Å². The van der Waals surface area contributed by atoms with E-state index in [2.05, 4.69) is 5.32 Å². The Bertz CT molecular complexity index is 807. The first-order valence-electron chi connectivity index (χ1n) is 9.08. The van der Waals surface area contributed by atoms with Gasteiger partial charge in [-0.05, 0) is 36.6 Å². The Morgan fingerprint density at radius 3 is 2.52 bits per heavy atom. The van der Waals surface area contributed by atoms with Gasteiger partial charge in [0.05, 0.1) is 13.7 Å². The monoisotopic (exact) mass is 368 g/mol. The molecule has 0 bridgehead atoms. The number of hydrogen-bond donors (Lipinski definition) is 1. The maximum absolute atomic E-state index is 12.6. The van der Waals surface area contributed by atoms with Crippen molar-refractivity contribution in [1.82, 2.24) is 10.2 Å². The predicted molar refractivity (Wildman–Crippen MR) is 102 cm³/mol. The van der Waals surface area contributed by atoms with Crippen LogP contribution in [-0.4, -0.2) is 43.1 Å². The number of hydrogen-bond acceptors (Lipinski definition) is 4. The molecule has 142 valence electrons. The molecule has 27 heavy (non-hydrogen) atoms. The third-order valence-electron chi connectivity index (χ3n) is 4.54. The smallest absolute Gasteiger partial charge is 0.324 e. The molecule has 2 aromatic rings. The summed E-state index contributed by atoms with van der Waals surface area (Å²) in [6, 6.07) is 14.5. The van der Waals surface area contributed by atoms with Crippen LogP contribution in [0.15, 0.2) is 48.5 Å². The Balaban J connectivity index is 1.63. The number of imide groups is 1. The van der Waals surface area contributed by atoms with E-state index in [9.17, 15) is 9.59 Å². The Morgan fingerprint density at radius 2 is 1.81 bits per heavy atom. The Labute approximate surface area is 159 Å². The van der Waals surface area contributed by atoms with Crippen molar-refractivity contribution in [3.8, 4) is 11.5 Å². The van der Waals surface area contributed by atoms with Crippen LogP contribution in [0.4, 0.5) is 4.79 Å². The van der Waals surface area contributed by atoms with Gasteiger partial charge < -0.3 is 14.8 Å². The first-order chi connectivity index (χ1) is 13.1. The van der Waals surface area contributed by atoms with Crippen LogP contribution in [0.25, 0.3) is 0 Å². The van der Waals surface area contributed by atoms with Gasteiger partial charge >= 0.3 is 6.03 Å². The molecule has 0 unspecified atom stereocenters. The molecule has 1 heterocycles. The number of carbonyl (C=O) groups is 2. The van der Waals surface area contributed by atoms with Gasteiger partial charge in [-0.1, -0.05) is 36.4 Å². The van der Waals surface area contributed by atoms with Crippen LogP contribution in [0.3, 0.4) is 0 Å². The second-order valence-electron chi connectivity index (χ2n) is 6.35. The van der Waals surface area contributed by atoms with Crippen LogP contribution in [0.1, 0.15) is 18.1 Å². The maximum Gasteiger partial charge on any atom is 0.324 e. The molecule has 0 spiro atoms. The summed E-state index contributed by atoms with van der Waals surface area (Å²) in [4.78, 5) is 26.1. The van der Waals surface area contributed by atoms with Gasteiger partial charge in [-0.2, -0.15) is 0 Å². The van der Waals surface area contributed by atoms with Gasteiger partial charge in [-0.15, -0.1) is 0 Å². The summed E-state index contributed by atoms with van der Waals surface area (Å²) < 4.78 is 10.9. The zero-order valence-corrected chi connectivity index (χ0v) is 15.6. The molecular formula is C21H24N2O4. The van der Waals surface area contributed by atoms with Crippen molar-refractivity contribution in [2.75, 3.05) is 20.3 Å². The average Bonchev–Trinajstić information content (AvgIpc) is 2.94. The van der Waals surface area contributed by atoms with E-state index in [1.807, 2.05) is 55.5 Å². The molecule has 1 saturated heterocycles. The van der Waals surface area contributed by atoms with E-state index in [0.29, 0.717) is 37.5 Å². The van der Waals surface area contributed by atoms with Crippen molar-refractivity contribution in [1.29, 1.82) is 0 Å². The normalized spacial score (nSPS) is 16.4. The molecule has 1 N–H and O–H groups in total. The SMILES string of the molecule is CCOc1cc(CCN2C(=O)N[C@@H](Cc3ccccc3)C2=O)ccc1OC. The number of ether oxygens (including phenoxy) is 2. The molecule has 0 aliphatic carbocycles. The lowest BCUT2D eigenvalue weighted by atomic mass is 10.1. The van der Waals surface area contributed by atoms with E-state index in [4.69, 9.17) is 9.47 Å². The fourth-order valence-electron chi connectivity index (χ4n) is 3.16. The predicted octanol–water partition coefficient (Wildman–Crippen LogP) is 2.80. The van der Waals surface area contributed by atoms with Crippen LogP contribution >= 0.6 is 0 Å². The van der Waals surface area contributed by atoms with Crippen molar-refractivity contribution in [2.24, 2.45) is 0 Å². The Hall–Kier alpha value is -3.02. The average molecular weight is 368 g/mol. The topological polar surface area (TPSA) is 67.9 Å². The Kier molecular flexibility index (Phi) is 5.96. The quantitative estimate of drug-likeness (QED) is 0.728. The first kappa shape index (κ1) is 18.8. The zero-order chi connectivity index (χ0) is 19.2. The molecule has 6 heteroatoms. The van der Waals surface area contributed by atoms with Crippen LogP contribution in [0.2, 0.25) is 0 Å². The van der Waals surface area contributed by atoms with Crippen LogP contribution in [0.5, 0.6) is 11.5 Å². The standard InChI is InChI=1S/C21H24N2O4/c1-3-27-19-14-16(9-10-18(19)26-2)11-12-23-20(24)17(22-21(23)25)13-15-7-5-4-6-8-15/h4-10,14,17H,3,11-13H2,1-2H3,(H,22,25)/t17-/m0/s1. The molecule has 1 atom stereocenters. The number of nitrogens with zero attached hydrogens (tertiary/aromatic N) is 1. The van der Waals surface area contributed by atoms with E-state index in [1.165, 1.54) is 4.90 Å². The van der Waals surface area contributed by atoms with Crippen LogP contribution in [0, 0.1) is 0 Å². The van der Waals surface area contributed by atoms with E-state index in [0.717, 1.165) is 11.1 Å². The van der Waals surface area contributed by atoms with Gasteiger partial charge in [0.1, 0.15) is 6.04 Å². The lowest BCUT2D eigenvalue weighted by Crippen LogP contribution is -2.33. The molecule has 0 radical (unpaired) electrons. The van der Waals surface area contributed by atoms with Gasteiger partial charge in [0, 0.05) is 13.0 Å². The largest absolute Gasteiger partial charge is 0.493 e. The summed E-state index contributed by atoms with van der Waals surface area (Å²) >= 11 is 0.